The van der Waals surface area contributed by atoms with Crippen LogP contribution in [0, 0.1) is 13.8 Å². The minimum absolute atomic E-state index is 0.209. The lowest BCUT2D eigenvalue weighted by Crippen LogP contribution is -2.25. The van der Waals surface area contributed by atoms with Crippen molar-refractivity contribution < 1.29 is 18.7 Å². The summed E-state index contributed by atoms with van der Waals surface area (Å²) < 4.78 is 16.7. The fourth-order valence-corrected chi connectivity index (χ4v) is 2.43. The summed E-state index contributed by atoms with van der Waals surface area (Å²) in [7, 11) is 0. The van der Waals surface area contributed by atoms with Gasteiger partial charge in [-0.1, -0.05) is 6.07 Å². The molecule has 1 aromatic carbocycles. The molecule has 0 unspecified atom stereocenters. The molecule has 0 radical (unpaired) electrons. The number of carbonyl (C=O) groups excluding carboxylic acids is 1. The Kier molecular flexibility index (Phi) is 7.07. The van der Waals surface area contributed by atoms with E-state index in [1.54, 1.807) is 12.1 Å². The number of carbonyl (C=O) groups is 1. The van der Waals surface area contributed by atoms with Crippen LogP contribution in [-0.4, -0.2) is 25.2 Å². The summed E-state index contributed by atoms with van der Waals surface area (Å²) in [5.41, 5.74) is 2.30. The molecule has 5 nitrogen and oxygen atoms in total. The Labute approximate surface area is 149 Å². The van der Waals surface area contributed by atoms with Gasteiger partial charge in [-0.3, -0.25) is 4.79 Å². The molecule has 5 heteroatoms. The number of aryl methyl sites for hydroxylation is 2. The van der Waals surface area contributed by atoms with Crippen molar-refractivity contribution in [2.24, 2.45) is 0 Å². The highest BCUT2D eigenvalue weighted by atomic mass is 16.5. The van der Waals surface area contributed by atoms with Gasteiger partial charge in [-0.15, -0.1) is 0 Å². The van der Waals surface area contributed by atoms with Crippen LogP contribution in [0.4, 0.5) is 0 Å². The monoisotopic (exact) mass is 345 g/mol. The van der Waals surface area contributed by atoms with Gasteiger partial charge in [0.15, 0.2) is 5.76 Å². The van der Waals surface area contributed by atoms with Gasteiger partial charge < -0.3 is 19.2 Å². The summed E-state index contributed by atoms with van der Waals surface area (Å²) in [6.45, 7) is 9.51. The van der Waals surface area contributed by atoms with Gasteiger partial charge in [-0.05, 0) is 69.5 Å². The lowest BCUT2D eigenvalue weighted by atomic mass is 10.1. The van der Waals surface area contributed by atoms with E-state index in [9.17, 15) is 4.79 Å². The minimum Gasteiger partial charge on any atom is -0.486 e. The number of amides is 1. The lowest BCUT2D eigenvalue weighted by molar-refractivity contribution is 0.0753. The van der Waals surface area contributed by atoms with Gasteiger partial charge in [0.05, 0.1) is 6.10 Å². The first-order valence-corrected chi connectivity index (χ1v) is 8.63. The fraction of sp³-hybridized carbons (Fsp3) is 0.450. The largest absolute Gasteiger partial charge is 0.486 e. The molecule has 25 heavy (non-hydrogen) atoms. The molecule has 2 aromatic rings. The molecule has 1 N–H and O–H groups in total. The Morgan fingerprint density at radius 3 is 2.56 bits per heavy atom. The maximum absolute atomic E-state index is 12.0. The van der Waals surface area contributed by atoms with Crippen LogP contribution in [0.3, 0.4) is 0 Å². The van der Waals surface area contributed by atoms with Gasteiger partial charge >= 0.3 is 0 Å². The van der Waals surface area contributed by atoms with Crippen LogP contribution < -0.4 is 10.1 Å². The molecule has 136 valence electrons. The van der Waals surface area contributed by atoms with E-state index in [0.717, 1.165) is 23.3 Å². The maximum atomic E-state index is 12.0. The van der Waals surface area contributed by atoms with Crippen molar-refractivity contribution >= 4 is 5.91 Å². The second-order valence-electron chi connectivity index (χ2n) is 6.41. The van der Waals surface area contributed by atoms with Crippen LogP contribution in [0.2, 0.25) is 0 Å². The smallest absolute Gasteiger partial charge is 0.286 e. The lowest BCUT2D eigenvalue weighted by Gasteiger charge is -2.08. The first kappa shape index (κ1) is 19.1. The van der Waals surface area contributed by atoms with Crippen LogP contribution >= 0.6 is 0 Å². The van der Waals surface area contributed by atoms with Crippen LogP contribution in [0.1, 0.15) is 47.7 Å². The number of hydrogen-bond donors (Lipinski definition) is 1. The molecule has 0 saturated carbocycles. The predicted octanol–water partition coefficient (Wildman–Crippen LogP) is 4.02. The summed E-state index contributed by atoms with van der Waals surface area (Å²) >= 11 is 0. The SMILES string of the molecule is Cc1cc(C)cc(OCc2ccc(C(=O)NCCCOC(C)C)o2)c1. The van der Waals surface area contributed by atoms with Crippen LogP contribution in [0.15, 0.2) is 34.7 Å². The molecule has 0 aliphatic carbocycles. The highest BCUT2D eigenvalue weighted by Crippen LogP contribution is 2.18. The van der Waals surface area contributed by atoms with Gasteiger partial charge in [0.1, 0.15) is 18.1 Å². The summed E-state index contributed by atoms with van der Waals surface area (Å²) in [6, 6.07) is 9.47. The van der Waals surface area contributed by atoms with Crippen LogP contribution in [0.25, 0.3) is 0 Å². The number of furan rings is 1. The van der Waals surface area contributed by atoms with Gasteiger partial charge in [-0.2, -0.15) is 0 Å². The van der Waals surface area contributed by atoms with Crippen molar-refractivity contribution in [1.29, 1.82) is 0 Å². The second kappa shape index (κ2) is 9.28. The Balaban J connectivity index is 1.78. The van der Waals surface area contributed by atoms with Crippen molar-refractivity contribution in [3.05, 3.63) is 53.0 Å². The first-order chi connectivity index (χ1) is 11.9. The quantitative estimate of drug-likeness (QED) is 0.697. The highest BCUT2D eigenvalue weighted by Gasteiger charge is 2.11. The van der Waals surface area contributed by atoms with E-state index in [4.69, 9.17) is 13.9 Å². The van der Waals surface area contributed by atoms with E-state index in [-0.39, 0.29) is 12.0 Å². The van der Waals surface area contributed by atoms with Crippen molar-refractivity contribution in [2.45, 2.75) is 46.8 Å². The van der Waals surface area contributed by atoms with E-state index in [1.165, 1.54) is 0 Å². The Bertz CT molecular complexity index is 671. The normalized spacial score (nSPS) is 10.9. The average molecular weight is 345 g/mol. The van der Waals surface area contributed by atoms with Crippen molar-refractivity contribution in [1.82, 2.24) is 5.32 Å². The first-order valence-electron chi connectivity index (χ1n) is 8.63. The van der Waals surface area contributed by atoms with Crippen LogP contribution in [-0.2, 0) is 11.3 Å². The number of benzene rings is 1. The number of nitrogens with one attached hydrogen (secondary N) is 1. The van der Waals surface area contributed by atoms with Crippen molar-refractivity contribution in [3.8, 4) is 5.75 Å². The van der Waals surface area contributed by atoms with Gasteiger partial charge in [0.25, 0.3) is 5.91 Å². The van der Waals surface area contributed by atoms with Crippen molar-refractivity contribution in [2.75, 3.05) is 13.2 Å². The minimum atomic E-state index is -0.220. The molecule has 2 rings (SSSR count). The molecule has 0 aliphatic heterocycles. The Morgan fingerprint density at radius 2 is 1.88 bits per heavy atom. The van der Waals surface area contributed by atoms with Gasteiger partial charge in [0.2, 0.25) is 0 Å². The molecule has 1 aromatic heterocycles. The third-order valence-corrected chi connectivity index (χ3v) is 3.52. The highest BCUT2D eigenvalue weighted by molar-refractivity contribution is 5.91. The number of rotatable bonds is 9. The zero-order chi connectivity index (χ0) is 18.2. The predicted molar refractivity (Wildman–Crippen MR) is 97.0 cm³/mol. The molecule has 1 amide bonds. The molecular weight excluding hydrogens is 318 g/mol. The molecule has 1 heterocycles. The number of hydrogen-bond acceptors (Lipinski definition) is 4. The molecule has 0 bridgehead atoms. The molecule has 0 fully saturated rings. The molecule has 0 spiro atoms. The summed E-state index contributed by atoms with van der Waals surface area (Å²) in [5.74, 6) is 1.49. The molecular formula is C20H27NO4. The summed E-state index contributed by atoms with van der Waals surface area (Å²) in [6.07, 6.45) is 0.980. The Morgan fingerprint density at radius 1 is 1.16 bits per heavy atom. The molecule has 0 atom stereocenters. The molecule has 0 aliphatic rings. The van der Waals surface area contributed by atoms with E-state index in [1.807, 2.05) is 39.8 Å². The zero-order valence-electron chi connectivity index (χ0n) is 15.4. The van der Waals surface area contributed by atoms with E-state index in [0.29, 0.717) is 31.3 Å². The third kappa shape index (κ3) is 6.63. The standard InChI is InChI=1S/C20H27NO4/c1-14(2)23-9-5-8-21-20(22)19-7-6-17(25-19)13-24-18-11-15(3)10-16(4)12-18/h6-7,10-12,14H,5,8-9,13H2,1-4H3,(H,21,22). The van der Waals surface area contributed by atoms with E-state index >= 15 is 0 Å². The van der Waals surface area contributed by atoms with E-state index in [2.05, 4.69) is 11.4 Å². The second-order valence-corrected chi connectivity index (χ2v) is 6.41. The topological polar surface area (TPSA) is 60.7 Å². The number of ether oxygens (including phenoxy) is 2. The summed E-state index contributed by atoms with van der Waals surface area (Å²) in [5, 5.41) is 2.82. The maximum Gasteiger partial charge on any atom is 0.286 e. The fourth-order valence-electron chi connectivity index (χ4n) is 2.43. The third-order valence-electron chi connectivity index (χ3n) is 3.52. The Hall–Kier alpha value is -2.27. The zero-order valence-corrected chi connectivity index (χ0v) is 15.4. The van der Waals surface area contributed by atoms with Crippen LogP contribution in [0.5, 0.6) is 5.75 Å². The van der Waals surface area contributed by atoms with Gasteiger partial charge in [-0.25, -0.2) is 0 Å². The van der Waals surface area contributed by atoms with E-state index < -0.39 is 0 Å². The van der Waals surface area contributed by atoms with Gasteiger partial charge in [0, 0.05) is 13.2 Å². The summed E-state index contributed by atoms with van der Waals surface area (Å²) in [4.78, 5) is 12.0. The average Bonchev–Trinajstić information content (AvgIpc) is 3.00. The van der Waals surface area contributed by atoms with Crippen molar-refractivity contribution in [3.63, 3.8) is 0 Å². The molecule has 0 saturated heterocycles.